The summed E-state index contributed by atoms with van der Waals surface area (Å²) in [6, 6.07) is 18.9. The van der Waals surface area contributed by atoms with E-state index < -0.39 is 0 Å². The molecule has 0 saturated carbocycles. The Morgan fingerprint density at radius 2 is 1.86 bits per heavy atom. The first-order chi connectivity index (χ1) is 14.2. The van der Waals surface area contributed by atoms with E-state index in [-0.39, 0.29) is 17.5 Å². The molecule has 5 nitrogen and oxygen atoms in total. The summed E-state index contributed by atoms with van der Waals surface area (Å²) < 4.78 is 0. The van der Waals surface area contributed by atoms with Crippen LogP contribution < -0.4 is 10.2 Å². The SMILES string of the molecule is CCc1ccc(NC(=O)c2cc(C(=O)N3CCCc4ccccc43)ccn2)cc1. The zero-order chi connectivity index (χ0) is 20.2. The lowest BCUT2D eigenvalue weighted by Crippen LogP contribution is -2.35. The van der Waals surface area contributed by atoms with Crippen LogP contribution >= 0.6 is 0 Å². The zero-order valence-corrected chi connectivity index (χ0v) is 16.4. The second-order valence-corrected chi connectivity index (χ2v) is 7.12. The molecule has 0 unspecified atom stereocenters. The summed E-state index contributed by atoms with van der Waals surface area (Å²) in [7, 11) is 0. The fraction of sp³-hybridized carbons (Fsp3) is 0.208. The second kappa shape index (κ2) is 8.27. The molecular formula is C24H23N3O2. The maximum absolute atomic E-state index is 13.1. The third kappa shape index (κ3) is 4.04. The number of anilines is 2. The number of fused-ring (bicyclic) bond motifs is 1. The van der Waals surface area contributed by atoms with Gasteiger partial charge in [0.25, 0.3) is 11.8 Å². The Balaban J connectivity index is 1.54. The lowest BCUT2D eigenvalue weighted by Gasteiger charge is -2.29. The van der Waals surface area contributed by atoms with Gasteiger partial charge in [0.15, 0.2) is 0 Å². The summed E-state index contributed by atoms with van der Waals surface area (Å²) in [6.45, 7) is 2.75. The quantitative estimate of drug-likeness (QED) is 0.720. The molecule has 0 radical (unpaired) electrons. The normalized spacial score (nSPS) is 12.9. The third-order valence-corrected chi connectivity index (χ3v) is 5.21. The van der Waals surface area contributed by atoms with Crippen LogP contribution in [-0.2, 0) is 12.8 Å². The summed E-state index contributed by atoms with van der Waals surface area (Å²) in [5.41, 5.74) is 4.72. The van der Waals surface area contributed by atoms with Crippen molar-refractivity contribution in [3.05, 3.63) is 89.2 Å². The number of hydrogen-bond donors (Lipinski definition) is 1. The van der Waals surface area contributed by atoms with Crippen LogP contribution in [0.25, 0.3) is 0 Å². The molecule has 2 aromatic carbocycles. The molecular weight excluding hydrogens is 362 g/mol. The number of para-hydroxylation sites is 1. The molecule has 3 aromatic rings. The van der Waals surface area contributed by atoms with Gasteiger partial charge >= 0.3 is 0 Å². The van der Waals surface area contributed by atoms with Gasteiger partial charge in [0.1, 0.15) is 5.69 Å². The van der Waals surface area contributed by atoms with Gasteiger partial charge in [-0.2, -0.15) is 0 Å². The molecule has 0 bridgehead atoms. The molecule has 1 aromatic heterocycles. The third-order valence-electron chi connectivity index (χ3n) is 5.21. The lowest BCUT2D eigenvalue weighted by molar-refractivity contribution is 0.0985. The Labute approximate surface area is 170 Å². The number of nitrogens with zero attached hydrogens (tertiary/aromatic N) is 2. The van der Waals surface area contributed by atoms with Gasteiger partial charge in [-0.1, -0.05) is 37.3 Å². The van der Waals surface area contributed by atoms with Gasteiger partial charge in [-0.25, -0.2) is 0 Å². The Morgan fingerprint density at radius 3 is 2.66 bits per heavy atom. The van der Waals surface area contributed by atoms with E-state index in [9.17, 15) is 9.59 Å². The summed E-state index contributed by atoms with van der Waals surface area (Å²) in [5, 5.41) is 2.84. The zero-order valence-electron chi connectivity index (χ0n) is 16.4. The number of nitrogens with one attached hydrogen (secondary N) is 1. The fourth-order valence-corrected chi connectivity index (χ4v) is 3.61. The summed E-state index contributed by atoms with van der Waals surface area (Å²) in [5.74, 6) is -0.441. The molecule has 5 heteroatoms. The van der Waals surface area contributed by atoms with Gasteiger partial charge < -0.3 is 10.2 Å². The van der Waals surface area contributed by atoms with Gasteiger partial charge in [-0.05, 0) is 60.7 Å². The van der Waals surface area contributed by atoms with E-state index in [0.29, 0.717) is 17.8 Å². The molecule has 29 heavy (non-hydrogen) atoms. The maximum Gasteiger partial charge on any atom is 0.274 e. The van der Waals surface area contributed by atoms with E-state index in [1.165, 1.54) is 17.3 Å². The molecule has 146 valence electrons. The summed E-state index contributed by atoms with van der Waals surface area (Å²) in [4.78, 5) is 31.7. The number of carbonyl (C=O) groups excluding carboxylic acids is 2. The monoisotopic (exact) mass is 385 g/mol. The predicted octanol–water partition coefficient (Wildman–Crippen LogP) is 4.49. The van der Waals surface area contributed by atoms with Crippen molar-refractivity contribution in [2.24, 2.45) is 0 Å². The van der Waals surface area contributed by atoms with Crippen molar-refractivity contribution in [1.29, 1.82) is 0 Å². The van der Waals surface area contributed by atoms with Crippen molar-refractivity contribution < 1.29 is 9.59 Å². The van der Waals surface area contributed by atoms with Crippen LogP contribution in [0.4, 0.5) is 11.4 Å². The summed E-state index contributed by atoms with van der Waals surface area (Å²) in [6.07, 6.45) is 4.35. The van der Waals surface area contributed by atoms with Crippen molar-refractivity contribution in [3.63, 3.8) is 0 Å². The van der Waals surface area contributed by atoms with Crippen molar-refractivity contribution >= 4 is 23.2 Å². The van der Waals surface area contributed by atoms with E-state index in [1.807, 2.05) is 42.5 Å². The van der Waals surface area contributed by atoms with Gasteiger partial charge in [0.2, 0.25) is 0 Å². The molecule has 1 aliphatic rings. The van der Waals surface area contributed by atoms with Crippen molar-refractivity contribution in [2.75, 3.05) is 16.8 Å². The van der Waals surface area contributed by atoms with Crippen molar-refractivity contribution in [2.45, 2.75) is 26.2 Å². The Bertz CT molecular complexity index is 1040. The largest absolute Gasteiger partial charge is 0.321 e. The highest BCUT2D eigenvalue weighted by molar-refractivity contribution is 6.09. The summed E-state index contributed by atoms with van der Waals surface area (Å²) >= 11 is 0. The number of hydrogen-bond acceptors (Lipinski definition) is 3. The molecule has 2 amide bonds. The minimum absolute atomic E-state index is 0.110. The molecule has 0 fully saturated rings. The highest BCUT2D eigenvalue weighted by Crippen LogP contribution is 2.28. The van der Waals surface area contributed by atoms with Crippen molar-refractivity contribution in [1.82, 2.24) is 4.98 Å². The Morgan fingerprint density at radius 1 is 1.07 bits per heavy atom. The number of pyridine rings is 1. The van der Waals surface area contributed by atoms with Crippen LogP contribution in [0, 0.1) is 0 Å². The number of aromatic nitrogens is 1. The average Bonchev–Trinajstić information content (AvgIpc) is 2.79. The van der Waals surface area contributed by atoms with Gasteiger partial charge in [-0.3, -0.25) is 14.6 Å². The molecule has 0 aliphatic carbocycles. The first-order valence-electron chi connectivity index (χ1n) is 9.92. The molecule has 1 aliphatic heterocycles. The van der Waals surface area contributed by atoms with Crippen LogP contribution in [0.15, 0.2) is 66.9 Å². The van der Waals surface area contributed by atoms with E-state index in [2.05, 4.69) is 23.3 Å². The van der Waals surface area contributed by atoms with E-state index in [1.54, 1.807) is 17.0 Å². The molecule has 0 spiro atoms. The topological polar surface area (TPSA) is 62.3 Å². The Hall–Kier alpha value is -3.47. The highest BCUT2D eigenvalue weighted by Gasteiger charge is 2.24. The first-order valence-corrected chi connectivity index (χ1v) is 9.92. The number of aryl methyl sites for hydroxylation is 2. The first kappa shape index (κ1) is 18.9. The van der Waals surface area contributed by atoms with Gasteiger partial charge in [-0.15, -0.1) is 0 Å². The maximum atomic E-state index is 13.1. The highest BCUT2D eigenvalue weighted by atomic mass is 16.2. The minimum Gasteiger partial charge on any atom is -0.321 e. The number of rotatable bonds is 4. The molecule has 0 atom stereocenters. The van der Waals surface area contributed by atoms with Crippen LogP contribution in [-0.4, -0.2) is 23.3 Å². The predicted molar refractivity (Wildman–Crippen MR) is 114 cm³/mol. The van der Waals surface area contributed by atoms with Crippen LogP contribution in [0.1, 0.15) is 45.3 Å². The standard InChI is InChI=1S/C24H23N3O2/c1-2-17-9-11-20(12-10-17)26-23(28)21-16-19(13-14-25-21)24(29)27-15-5-7-18-6-3-4-8-22(18)27/h3-4,6,8-14,16H,2,5,7,15H2,1H3,(H,26,28). The number of benzene rings is 2. The minimum atomic E-state index is -0.331. The smallest absolute Gasteiger partial charge is 0.274 e. The molecule has 0 saturated heterocycles. The van der Waals surface area contributed by atoms with E-state index in [0.717, 1.165) is 24.9 Å². The second-order valence-electron chi connectivity index (χ2n) is 7.12. The van der Waals surface area contributed by atoms with E-state index >= 15 is 0 Å². The van der Waals surface area contributed by atoms with Crippen molar-refractivity contribution in [3.8, 4) is 0 Å². The van der Waals surface area contributed by atoms with Gasteiger partial charge in [0.05, 0.1) is 0 Å². The fourth-order valence-electron chi connectivity index (χ4n) is 3.61. The number of carbonyl (C=O) groups is 2. The van der Waals surface area contributed by atoms with Gasteiger partial charge in [0, 0.05) is 29.7 Å². The van der Waals surface area contributed by atoms with E-state index in [4.69, 9.17) is 0 Å². The van der Waals surface area contributed by atoms with Crippen LogP contribution in [0.5, 0.6) is 0 Å². The molecule has 4 rings (SSSR count). The Kier molecular flexibility index (Phi) is 5.38. The molecule has 1 N–H and O–H groups in total. The average molecular weight is 385 g/mol. The van der Waals surface area contributed by atoms with Crippen LogP contribution in [0.2, 0.25) is 0 Å². The number of amides is 2. The van der Waals surface area contributed by atoms with Crippen LogP contribution in [0.3, 0.4) is 0 Å². The molecule has 2 heterocycles. The lowest BCUT2D eigenvalue weighted by atomic mass is 10.0.